The van der Waals surface area contributed by atoms with Gasteiger partial charge in [-0.1, -0.05) is 42.1 Å². The molecule has 0 radical (unpaired) electrons. The lowest BCUT2D eigenvalue weighted by molar-refractivity contribution is 0.0876. The van der Waals surface area contributed by atoms with Crippen LogP contribution >= 0.6 is 0 Å². The molecule has 1 aliphatic rings. The van der Waals surface area contributed by atoms with E-state index in [4.69, 9.17) is 9.26 Å². The van der Waals surface area contributed by atoms with E-state index in [0.29, 0.717) is 18.3 Å². The topological polar surface area (TPSA) is 80.4 Å². The van der Waals surface area contributed by atoms with Crippen molar-refractivity contribution in [2.24, 2.45) is 0 Å². The van der Waals surface area contributed by atoms with Gasteiger partial charge in [-0.3, -0.25) is 0 Å². The molecule has 1 fully saturated rings. The average Bonchev–Trinajstić information content (AvgIpc) is 3.07. The van der Waals surface area contributed by atoms with Crippen LogP contribution in [0.4, 0.5) is 0 Å². The molecule has 3 rings (SSSR count). The number of hydrogen-bond acceptors (Lipinski definition) is 6. The number of aliphatic hydroxyl groups excluding tert-OH is 1. The van der Waals surface area contributed by atoms with Gasteiger partial charge in [-0.05, 0) is 38.3 Å². The zero-order chi connectivity index (χ0) is 18.6. The number of rotatable bonds is 7. The van der Waals surface area contributed by atoms with Crippen molar-refractivity contribution >= 4 is 0 Å². The van der Waals surface area contributed by atoms with Crippen molar-refractivity contribution in [1.82, 2.24) is 15.5 Å². The van der Waals surface area contributed by atoms with Gasteiger partial charge in [-0.15, -0.1) is 0 Å². The molecule has 0 aliphatic heterocycles. The summed E-state index contributed by atoms with van der Waals surface area (Å²) in [5.74, 6) is 2.10. The van der Waals surface area contributed by atoms with Gasteiger partial charge in [0, 0.05) is 13.5 Å². The lowest BCUT2D eigenvalue weighted by Crippen LogP contribution is -2.48. The molecule has 1 unspecified atom stereocenters. The van der Waals surface area contributed by atoms with Gasteiger partial charge in [0.25, 0.3) is 0 Å². The standard InChI is InChI=1S/C20H29N3O3/c1-14-7-8-18(15(2)11-14)25-13-17(24)12-21-20(9-5-4-6-10-20)19-22-16(3)26-23-19/h7-8,11,17,21,24H,4-6,9-10,12-13H2,1-3H3. The monoisotopic (exact) mass is 359 g/mol. The third-order valence-corrected chi connectivity index (χ3v) is 5.10. The predicted octanol–water partition coefficient (Wildman–Crippen LogP) is 3.18. The number of hydrogen-bond donors (Lipinski definition) is 2. The highest BCUT2D eigenvalue weighted by Crippen LogP contribution is 2.35. The van der Waals surface area contributed by atoms with Crippen molar-refractivity contribution in [3.05, 3.63) is 41.0 Å². The molecule has 1 aliphatic carbocycles. The Morgan fingerprint density at radius 1 is 1.23 bits per heavy atom. The van der Waals surface area contributed by atoms with Crippen molar-refractivity contribution in [3.8, 4) is 5.75 Å². The molecule has 142 valence electrons. The second-order valence-corrected chi connectivity index (χ2v) is 7.39. The van der Waals surface area contributed by atoms with Crippen LogP contribution in [0.3, 0.4) is 0 Å². The number of aliphatic hydroxyl groups is 1. The number of ether oxygens (including phenoxy) is 1. The highest BCUT2D eigenvalue weighted by atomic mass is 16.5. The SMILES string of the molecule is Cc1ccc(OCC(O)CNC2(c3noc(C)n3)CCCCC2)c(C)c1. The van der Waals surface area contributed by atoms with Gasteiger partial charge in [0.05, 0.1) is 5.54 Å². The van der Waals surface area contributed by atoms with Gasteiger partial charge in [-0.2, -0.15) is 4.98 Å². The third-order valence-electron chi connectivity index (χ3n) is 5.10. The van der Waals surface area contributed by atoms with Crippen LogP contribution in [0.1, 0.15) is 54.9 Å². The van der Waals surface area contributed by atoms with Gasteiger partial charge in [-0.25, -0.2) is 0 Å². The van der Waals surface area contributed by atoms with Gasteiger partial charge in [0.2, 0.25) is 5.89 Å². The van der Waals surface area contributed by atoms with Crippen LogP contribution in [0.25, 0.3) is 0 Å². The molecular formula is C20H29N3O3. The van der Waals surface area contributed by atoms with E-state index >= 15 is 0 Å². The molecule has 1 aromatic heterocycles. The first-order valence-electron chi connectivity index (χ1n) is 9.42. The van der Waals surface area contributed by atoms with Gasteiger partial charge < -0.3 is 19.7 Å². The summed E-state index contributed by atoms with van der Waals surface area (Å²) in [5, 5.41) is 18.1. The van der Waals surface area contributed by atoms with Crippen LogP contribution < -0.4 is 10.1 Å². The Hall–Kier alpha value is -1.92. The van der Waals surface area contributed by atoms with E-state index in [1.54, 1.807) is 6.92 Å². The summed E-state index contributed by atoms with van der Waals surface area (Å²) in [6, 6.07) is 6.05. The van der Waals surface area contributed by atoms with Gasteiger partial charge in [0.15, 0.2) is 5.82 Å². The van der Waals surface area contributed by atoms with Crippen molar-refractivity contribution in [1.29, 1.82) is 0 Å². The van der Waals surface area contributed by atoms with Crippen molar-refractivity contribution in [3.63, 3.8) is 0 Å². The predicted molar refractivity (Wildman–Crippen MR) is 99.2 cm³/mol. The maximum Gasteiger partial charge on any atom is 0.223 e. The molecule has 0 saturated heterocycles. The number of nitrogens with one attached hydrogen (secondary N) is 1. The molecule has 1 atom stereocenters. The fourth-order valence-electron chi connectivity index (χ4n) is 3.65. The Labute approximate surface area is 155 Å². The van der Waals surface area contributed by atoms with Crippen LogP contribution in [-0.2, 0) is 5.54 Å². The van der Waals surface area contributed by atoms with Crippen LogP contribution in [-0.4, -0.2) is 34.5 Å². The first-order valence-corrected chi connectivity index (χ1v) is 9.42. The van der Waals surface area contributed by atoms with E-state index in [2.05, 4.69) is 28.4 Å². The summed E-state index contributed by atoms with van der Waals surface area (Å²) in [7, 11) is 0. The molecule has 6 nitrogen and oxygen atoms in total. The Morgan fingerprint density at radius 3 is 2.65 bits per heavy atom. The molecule has 2 aromatic rings. The van der Waals surface area contributed by atoms with Crippen LogP contribution in [0.15, 0.2) is 22.7 Å². The Bertz CT molecular complexity index is 723. The number of aryl methyl sites for hydroxylation is 3. The number of aromatic nitrogens is 2. The minimum atomic E-state index is -0.609. The smallest absolute Gasteiger partial charge is 0.223 e. The summed E-state index contributed by atoms with van der Waals surface area (Å²) in [4.78, 5) is 4.44. The van der Waals surface area contributed by atoms with Gasteiger partial charge >= 0.3 is 0 Å². The van der Waals surface area contributed by atoms with E-state index in [1.165, 1.54) is 12.0 Å². The van der Waals surface area contributed by atoms with Crippen molar-refractivity contribution < 1.29 is 14.4 Å². The number of nitrogens with zero attached hydrogens (tertiary/aromatic N) is 2. The summed E-state index contributed by atoms with van der Waals surface area (Å²) in [6.45, 7) is 6.55. The maximum atomic E-state index is 10.4. The minimum Gasteiger partial charge on any atom is -0.491 e. The molecule has 26 heavy (non-hydrogen) atoms. The van der Waals surface area contributed by atoms with E-state index in [1.807, 2.05) is 19.1 Å². The highest BCUT2D eigenvalue weighted by Gasteiger charge is 2.38. The fraction of sp³-hybridized carbons (Fsp3) is 0.600. The van der Waals surface area contributed by atoms with E-state index in [-0.39, 0.29) is 12.1 Å². The molecule has 6 heteroatoms. The second-order valence-electron chi connectivity index (χ2n) is 7.39. The van der Waals surface area contributed by atoms with E-state index < -0.39 is 6.10 Å². The van der Waals surface area contributed by atoms with Crippen LogP contribution in [0.5, 0.6) is 5.75 Å². The van der Waals surface area contributed by atoms with Crippen LogP contribution in [0, 0.1) is 20.8 Å². The second kappa shape index (κ2) is 8.18. The third kappa shape index (κ3) is 4.43. The molecular weight excluding hydrogens is 330 g/mol. The molecule has 0 amide bonds. The summed E-state index contributed by atoms with van der Waals surface area (Å²) < 4.78 is 11.0. The average molecular weight is 359 g/mol. The first-order chi connectivity index (χ1) is 12.5. The minimum absolute atomic E-state index is 0.248. The Morgan fingerprint density at radius 2 is 2.00 bits per heavy atom. The summed E-state index contributed by atoms with van der Waals surface area (Å²) in [6.07, 6.45) is 4.76. The molecule has 2 N–H and O–H groups in total. The molecule has 1 aromatic carbocycles. The normalized spacial score (nSPS) is 17.8. The van der Waals surface area contributed by atoms with Crippen molar-refractivity contribution in [2.75, 3.05) is 13.2 Å². The lowest BCUT2D eigenvalue weighted by Gasteiger charge is -2.36. The maximum absolute atomic E-state index is 10.4. The van der Waals surface area contributed by atoms with Crippen molar-refractivity contribution in [2.45, 2.75) is 64.5 Å². The Balaban J connectivity index is 1.58. The molecule has 0 bridgehead atoms. The first kappa shape index (κ1) is 18.9. The quantitative estimate of drug-likeness (QED) is 0.790. The van der Waals surface area contributed by atoms with E-state index in [9.17, 15) is 5.11 Å². The summed E-state index contributed by atoms with van der Waals surface area (Å²) in [5.41, 5.74) is 1.97. The summed E-state index contributed by atoms with van der Waals surface area (Å²) >= 11 is 0. The lowest BCUT2D eigenvalue weighted by atomic mass is 9.81. The van der Waals surface area contributed by atoms with Crippen LogP contribution in [0.2, 0.25) is 0 Å². The molecule has 1 saturated carbocycles. The highest BCUT2D eigenvalue weighted by molar-refractivity contribution is 5.35. The number of benzene rings is 1. The zero-order valence-electron chi connectivity index (χ0n) is 15.9. The Kier molecular flexibility index (Phi) is 5.94. The van der Waals surface area contributed by atoms with E-state index in [0.717, 1.165) is 37.0 Å². The fourth-order valence-corrected chi connectivity index (χ4v) is 3.65. The van der Waals surface area contributed by atoms with Gasteiger partial charge in [0.1, 0.15) is 18.5 Å². The largest absolute Gasteiger partial charge is 0.491 e. The zero-order valence-corrected chi connectivity index (χ0v) is 15.9. The molecule has 0 spiro atoms. The molecule has 1 heterocycles.